The van der Waals surface area contributed by atoms with Gasteiger partial charge in [-0.15, -0.1) is 0 Å². The first kappa shape index (κ1) is 12.0. The molecule has 1 aromatic rings. The molecule has 2 rings (SSSR count). The summed E-state index contributed by atoms with van der Waals surface area (Å²) in [6.07, 6.45) is 1.11. The van der Waals surface area contributed by atoms with E-state index in [1.807, 2.05) is 18.2 Å². The summed E-state index contributed by atoms with van der Waals surface area (Å²) in [5.74, 6) is 0.433. The molecule has 0 bridgehead atoms. The van der Waals surface area contributed by atoms with Crippen LogP contribution < -0.4 is 0 Å². The highest BCUT2D eigenvalue weighted by Gasteiger charge is 2.27. The van der Waals surface area contributed by atoms with Crippen LogP contribution in [-0.4, -0.2) is 25.3 Å². The number of nitrogens with zero attached hydrogens (tertiary/aromatic N) is 1. The molecule has 1 aliphatic rings. The molecule has 1 fully saturated rings. The van der Waals surface area contributed by atoms with Crippen molar-refractivity contribution in [3.63, 3.8) is 0 Å². The molecule has 0 aliphatic carbocycles. The number of methoxy groups -OCH3 is 1. The Morgan fingerprint density at radius 2 is 2.50 bits per heavy atom. The Morgan fingerprint density at radius 3 is 3.12 bits per heavy atom. The second kappa shape index (κ2) is 5.75. The standard InChI is InChI=1S/C12H16BrNO2/c1-15-12(9-5-6-16-8-9)11-4-2-3-10(7-13)14-11/h2-4,9,12H,5-8H2,1H3. The van der Waals surface area contributed by atoms with Crippen molar-refractivity contribution in [1.82, 2.24) is 4.98 Å². The second-order valence-electron chi connectivity index (χ2n) is 3.97. The maximum Gasteiger partial charge on any atom is 0.104 e. The predicted molar refractivity (Wildman–Crippen MR) is 65.5 cm³/mol. The molecule has 0 N–H and O–H groups in total. The first-order chi connectivity index (χ1) is 7.85. The number of rotatable bonds is 4. The molecule has 0 amide bonds. The minimum Gasteiger partial charge on any atom is -0.381 e. The van der Waals surface area contributed by atoms with Gasteiger partial charge in [-0.1, -0.05) is 22.0 Å². The van der Waals surface area contributed by atoms with E-state index in [1.165, 1.54) is 0 Å². The average molecular weight is 286 g/mol. The van der Waals surface area contributed by atoms with Crippen molar-refractivity contribution in [3.8, 4) is 0 Å². The van der Waals surface area contributed by atoms with Gasteiger partial charge in [0.15, 0.2) is 0 Å². The van der Waals surface area contributed by atoms with Crippen molar-refractivity contribution in [2.24, 2.45) is 5.92 Å². The van der Waals surface area contributed by atoms with E-state index >= 15 is 0 Å². The Kier molecular flexibility index (Phi) is 4.32. The van der Waals surface area contributed by atoms with Crippen LogP contribution in [0.15, 0.2) is 18.2 Å². The number of halogens is 1. The smallest absolute Gasteiger partial charge is 0.104 e. The molecule has 1 aliphatic heterocycles. The number of ether oxygens (including phenoxy) is 2. The van der Waals surface area contributed by atoms with E-state index in [0.717, 1.165) is 36.4 Å². The molecule has 2 heterocycles. The van der Waals surface area contributed by atoms with Crippen LogP contribution in [0.4, 0.5) is 0 Å². The molecule has 1 aromatic heterocycles. The fraction of sp³-hybridized carbons (Fsp3) is 0.583. The van der Waals surface area contributed by atoms with Gasteiger partial charge >= 0.3 is 0 Å². The second-order valence-corrected chi connectivity index (χ2v) is 4.53. The van der Waals surface area contributed by atoms with Gasteiger partial charge in [0.2, 0.25) is 0 Å². The largest absolute Gasteiger partial charge is 0.381 e. The number of hydrogen-bond acceptors (Lipinski definition) is 3. The van der Waals surface area contributed by atoms with Crippen LogP contribution in [0.2, 0.25) is 0 Å². The van der Waals surface area contributed by atoms with Gasteiger partial charge in [-0.3, -0.25) is 4.98 Å². The Morgan fingerprint density at radius 1 is 1.62 bits per heavy atom. The highest BCUT2D eigenvalue weighted by Crippen LogP contribution is 2.30. The maximum atomic E-state index is 5.56. The Labute approximate surface area is 104 Å². The summed E-state index contributed by atoms with van der Waals surface area (Å²) in [6, 6.07) is 6.06. The van der Waals surface area contributed by atoms with Gasteiger partial charge in [0.05, 0.1) is 18.0 Å². The molecule has 88 valence electrons. The first-order valence-electron chi connectivity index (χ1n) is 5.47. The van der Waals surface area contributed by atoms with Crippen LogP contribution in [0, 0.1) is 5.92 Å². The fourth-order valence-corrected chi connectivity index (χ4v) is 2.39. The van der Waals surface area contributed by atoms with Crippen LogP contribution >= 0.6 is 15.9 Å². The predicted octanol–water partition coefficient (Wildman–Crippen LogP) is 2.70. The molecule has 3 nitrogen and oxygen atoms in total. The zero-order valence-corrected chi connectivity index (χ0v) is 10.9. The van der Waals surface area contributed by atoms with Crippen molar-refractivity contribution in [2.75, 3.05) is 20.3 Å². The molecule has 0 spiro atoms. The van der Waals surface area contributed by atoms with E-state index < -0.39 is 0 Å². The minimum absolute atomic E-state index is 0.0569. The number of alkyl halides is 1. The van der Waals surface area contributed by atoms with Gasteiger partial charge in [0.1, 0.15) is 6.10 Å². The van der Waals surface area contributed by atoms with Crippen molar-refractivity contribution >= 4 is 15.9 Å². The number of aromatic nitrogens is 1. The van der Waals surface area contributed by atoms with Gasteiger partial charge in [-0.05, 0) is 18.6 Å². The summed E-state index contributed by atoms with van der Waals surface area (Å²) in [7, 11) is 1.74. The molecule has 16 heavy (non-hydrogen) atoms. The summed E-state index contributed by atoms with van der Waals surface area (Å²) in [6.45, 7) is 1.61. The van der Waals surface area contributed by atoms with E-state index in [2.05, 4.69) is 20.9 Å². The third kappa shape index (κ3) is 2.62. The van der Waals surface area contributed by atoms with Crippen molar-refractivity contribution in [3.05, 3.63) is 29.6 Å². The Balaban J connectivity index is 2.18. The lowest BCUT2D eigenvalue weighted by atomic mass is 9.98. The monoisotopic (exact) mass is 285 g/mol. The topological polar surface area (TPSA) is 31.4 Å². The van der Waals surface area contributed by atoms with Crippen molar-refractivity contribution in [2.45, 2.75) is 17.9 Å². The zero-order chi connectivity index (χ0) is 11.4. The number of pyridine rings is 1. The molecule has 2 unspecified atom stereocenters. The summed E-state index contributed by atoms with van der Waals surface area (Å²) in [4.78, 5) is 4.58. The first-order valence-corrected chi connectivity index (χ1v) is 6.59. The lowest BCUT2D eigenvalue weighted by Crippen LogP contribution is -2.16. The molecule has 4 heteroatoms. The average Bonchev–Trinajstić information content (AvgIpc) is 2.84. The van der Waals surface area contributed by atoms with Gasteiger partial charge < -0.3 is 9.47 Å². The van der Waals surface area contributed by atoms with Gasteiger partial charge in [0.25, 0.3) is 0 Å². The van der Waals surface area contributed by atoms with Crippen LogP contribution in [-0.2, 0) is 14.8 Å². The lowest BCUT2D eigenvalue weighted by molar-refractivity contribution is 0.0413. The SMILES string of the molecule is COC(c1cccc(CBr)n1)C1CCOC1. The summed E-state index contributed by atoms with van der Waals surface area (Å²) >= 11 is 3.42. The van der Waals surface area contributed by atoms with Crippen LogP contribution in [0.5, 0.6) is 0 Å². The van der Waals surface area contributed by atoms with E-state index in [9.17, 15) is 0 Å². The summed E-state index contributed by atoms with van der Waals surface area (Å²) in [5, 5.41) is 0.776. The zero-order valence-electron chi connectivity index (χ0n) is 9.36. The Hall–Kier alpha value is -0.450. The number of hydrogen-bond donors (Lipinski definition) is 0. The fourth-order valence-electron chi connectivity index (χ4n) is 2.08. The third-order valence-corrected chi connectivity index (χ3v) is 3.48. The molecule has 1 saturated heterocycles. The van der Waals surface area contributed by atoms with Gasteiger partial charge in [-0.2, -0.15) is 0 Å². The summed E-state index contributed by atoms with van der Waals surface area (Å²) in [5.41, 5.74) is 2.05. The molecule has 2 atom stereocenters. The van der Waals surface area contributed by atoms with Crippen LogP contribution in [0.1, 0.15) is 23.9 Å². The van der Waals surface area contributed by atoms with E-state index in [0.29, 0.717) is 5.92 Å². The summed E-state index contributed by atoms with van der Waals surface area (Å²) < 4.78 is 11.0. The highest BCUT2D eigenvalue weighted by molar-refractivity contribution is 9.08. The Bertz CT molecular complexity index is 340. The molecule has 0 radical (unpaired) electrons. The normalized spacial score (nSPS) is 22.2. The van der Waals surface area contributed by atoms with Crippen LogP contribution in [0.3, 0.4) is 0 Å². The van der Waals surface area contributed by atoms with Crippen LogP contribution in [0.25, 0.3) is 0 Å². The van der Waals surface area contributed by atoms with Gasteiger partial charge in [-0.25, -0.2) is 0 Å². The quantitative estimate of drug-likeness (QED) is 0.797. The molecule has 0 saturated carbocycles. The third-order valence-electron chi connectivity index (χ3n) is 2.90. The minimum atomic E-state index is 0.0569. The van der Waals surface area contributed by atoms with Crippen molar-refractivity contribution in [1.29, 1.82) is 0 Å². The molecular weight excluding hydrogens is 270 g/mol. The molecule has 0 aromatic carbocycles. The van der Waals surface area contributed by atoms with E-state index in [-0.39, 0.29) is 6.10 Å². The lowest BCUT2D eigenvalue weighted by Gasteiger charge is -2.20. The van der Waals surface area contributed by atoms with Gasteiger partial charge in [0, 0.05) is 25.0 Å². The maximum absolute atomic E-state index is 5.56. The van der Waals surface area contributed by atoms with E-state index in [1.54, 1.807) is 7.11 Å². The highest BCUT2D eigenvalue weighted by atomic mass is 79.9. The van der Waals surface area contributed by atoms with E-state index in [4.69, 9.17) is 9.47 Å². The van der Waals surface area contributed by atoms with Crippen molar-refractivity contribution < 1.29 is 9.47 Å². The molecular formula is C12H16BrNO2.